The monoisotopic (exact) mass is 272 g/mol. The highest BCUT2D eigenvalue weighted by atomic mass is 16.2. The molecule has 20 heavy (non-hydrogen) atoms. The predicted molar refractivity (Wildman–Crippen MR) is 79.7 cm³/mol. The minimum atomic E-state index is -0.152. The highest BCUT2D eigenvalue weighted by molar-refractivity contribution is 6.03. The predicted octanol–water partition coefficient (Wildman–Crippen LogP) is 2.34. The van der Waals surface area contributed by atoms with Crippen molar-refractivity contribution in [3.63, 3.8) is 0 Å². The van der Waals surface area contributed by atoms with Gasteiger partial charge < -0.3 is 15.2 Å². The van der Waals surface area contributed by atoms with E-state index >= 15 is 0 Å². The first kappa shape index (κ1) is 14.3. The Bertz CT molecular complexity index is 591. The molecule has 1 unspecified atom stereocenters. The molecule has 2 aromatic rings. The van der Waals surface area contributed by atoms with Crippen molar-refractivity contribution in [1.82, 2.24) is 14.9 Å². The first-order chi connectivity index (χ1) is 9.63. The van der Waals surface area contributed by atoms with Gasteiger partial charge in [0, 0.05) is 18.8 Å². The second-order valence-electron chi connectivity index (χ2n) is 4.71. The lowest BCUT2D eigenvalue weighted by atomic mass is 10.1. The molecule has 0 aliphatic heterocycles. The minimum absolute atomic E-state index is 0.152. The Balaban J connectivity index is 2.21. The summed E-state index contributed by atoms with van der Waals surface area (Å²) in [6.07, 6.45) is 3.17. The number of aromatic nitrogens is 2. The molecule has 5 nitrogen and oxygen atoms in total. The van der Waals surface area contributed by atoms with Gasteiger partial charge in [-0.05, 0) is 25.1 Å². The fourth-order valence-electron chi connectivity index (χ4n) is 2.17. The molecule has 0 radical (unpaired) electrons. The van der Waals surface area contributed by atoms with Crippen LogP contribution in [0.2, 0.25) is 0 Å². The molecule has 0 aliphatic carbocycles. The SMILES string of the molecule is CCNC(C)c1ccccc1NC(=O)c1cncn1C. The van der Waals surface area contributed by atoms with E-state index in [1.807, 2.05) is 24.3 Å². The number of nitrogens with zero attached hydrogens (tertiary/aromatic N) is 2. The molecule has 1 amide bonds. The summed E-state index contributed by atoms with van der Waals surface area (Å²) in [5, 5.41) is 6.31. The molecule has 0 fully saturated rings. The van der Waals surface area contributed by atoms with Crippen LogP contribution in [-0.2, 0) is 7.05 Å². The van der Waals surface area contributed by atoms with E-state index in [0.717, 1.165) is 17.8 Å². The van der Waals surface area contributed by atoms with E-state index in [4.69, 9.17) is 0 Å². The lowest BCUT2D eigenvalue weighted by Gasteiger charge is -2.17. The lowest BCUT2D eigenvalue weighted by Crippen LogP contribution is -2.21. The molecular weight excluding hydrogens is 252 g/mol. The van der Waals surface area contributed by atoms with Crippen LogP contribution in [0.15, 0.2) is 36.8 Å². The van der Waals surface area contributed by atoms with Gasteiger partial charge in [0.1, 0.15) is 5.69 Å². The second kappa shape index (κ2) is 6.34. The van der Waals surface area contributed by atoms with E-state index in [-0.39, 0.29) is 11.9 Å². The van der Waals surface area contributed by atoms with Crippen molar-refractivity contribution >= 4 is 11.6 Å². The van der Waals surface area contributed by atoms with E-state index in [2.05, 4.69) is 29.5 Å². The summed E-state index contributed by atoms with van der Waals surface area (Å²) in [5.41, 5.74) is 2.44. The highest BCUT2D eigenvalue weighted by Crippen LogP contribution is 2.22. The number of aryl methyl sites for hydroxylation is 1. The van der Waals surface area contributed by atoms with Crippen LogP contribution < -0.4 is 10.6 Å². The zero-order valence-corrected chi connectivity index (χ0v) is 12.1. The average Bonchev–Trinajstić information content (AvgIpc) is 2.86. The summed E-state index contributed by atoms with van der Waals surface area (Å²) < 4.78 is 1.70. The van der Waals surface area contributed by atoms with Crippen molar-refractivity contribution in [2.45, 2.75) is 19.9 Å². The van der Waals surface area contributed by atoms with E-state index in [1.165, 1.54) is 0 Å². The Morgan fingerprint density at radius 3 is 2.80 bits per heavy atom. The second-order valence-corrected chi connectivity index (χ2v) is 4.71. The van der Waals surface area contributed by atoms with E-state index in [0.29, 0.717) is 5.69 Å². The molecule has 1 aromatic carbocycles. The third-order valence-electron chi connectivity index (χ3n) is 3.24. The summed E-state index contributed by atoms with van der Waals surface area (Å²) in [6, 6.07) is 8.01. The van der Waals surface area contributed by atoms with Crippen LogP contribution in [0, 0.1) is 0 Å². The number of hydrogen-bond acceptors (Lipinski definition) is 3. The summed E-state index contributed by atoms with van der Waals surface area (Å²) >= 11 is 0. The Labute approximate surface area is 119 Å². The van der Waals surface area contributed by atoms with Crippen molar-refractivity contribution < 1.29 is 4.79 Å². The number of hydrogen-bond donors (Lipinski definition) is 2. The first-order valence-electron chi connectivity index (χ1n) is 6.73. The molecule has 106 valence electrons. The molecule has 0 saturated carbocycles. The van der Waals surface area contributed by atoms with E-state index in [9.17, 15) is 4.79 Å². The van der Waals surface area contributed by atoms with Crippen LogP contribution in [0.4, 0.5) is 5.69 Å². The van der Waals surface area contributed by atoms with Gasteiger partial charge in [-0.3, -0.25) is 4.79 Å². The molecule has 1 heterocycles. The summed E-state index contributed by atoms with van der Waals surface area (Å²) in [4.78, 5) is 16.2. The quantitative estimate of drug-likeness (QED) is 0.878. The molecule has 0 bridgehead atoms. The van der Waals surface area contributed by atoms with Crippen molar-refractivity contribution in [2.24, 2.45) is 7.05 Å². The lowest BCUT2D eigenvalue weighted by molar-refractivity contribution is 0.101. The summed E-state index contributed by atoms with van der Waals surface area (Å²) in [6.45, 7) is 5.02. The number of rotatable bonds is 5. The van der Waals surface area contributed by atoms with Gasteiger partial charge in [0.15, 0.2) is 0 Å². The maximum Gasteiger partial charge on any atom is 0.273 e. The van der Waals surface area contributed by atoms with Gasteiger partial charge in [0.2, 0.25) is 0 Å². The summed E-state index contributed by atoms with van der Waals surface area (Å²) in [5.74, 6) is -0.152. The number of anilines is 1. The number of carbonyl (C=O) groups is 1. The Morgan fingerprint density at radius 2 is 2.15 bits per heavy atom. The maximum absolute atomic E-state index is 12.2. The number of benzene rings is 1. The topological polar surface area (TPSA) is 58.9 Å². The first-order valence-corrected chi connectivity index (χ1v) is 6.73. The van der Waals surface area contributed by atoms with Gasteiger partial charge in [-0.15, -0.1) is 0 Å². The Kier molecular flexibility index (Phi) is 4.53. The van der Waals surface area contributed by atoms with Crippen LogP contribution in [0.1, 0.15) is 35.9 Å². The zero-order chi connectivity index (χ0) is 14.5. The molecule has 1 aromatic heterocycles. The largest absolute Gasteiger partial charge is 0.330 e. The number of carbonyl (C=O) groups excluding carboxylic acids is 1. The highest BCUT2D eigenvalue weighted by Gasteiger charge is 2.14. The Hall–Kier alpha value is -2.14. The fraction of sp³-hybridized carbons (Fsp3) is 0.333. The van der Waals surface area contributed by atoms with Crippen LogP contribution in [0.3, 0.4) is 0 Å². The smallest absolute Gasteiger partial charge is 0.273 e. The van der Waals surface area contributed by atoms with Gasteiger partial charge in [0.05, 0.1) is 12.5 Å². The van der Waals surface area contributed by atoms with Crippen molar-refractivity contribution in [2.75, 3.05) is 11.9 Å². The molecule has 5 heteroatoms. The standard InChI is InChI=1S/C15H20N4O/c1-4-17-11(2)12-7-5-6-8-13(12)18-15(20)14-9-16-10-19(14)3/h5-11,17H,4H2,1-3H3,(H,18,20). The molecule has 2 N–H and O–H groups in total. The minimum Gasteiger partial charge on any atom is -0.330 e. The van der Waals surface area contributed by atoms with Crippen LogP contribution in [0.25, 0.3) is 0 Å². The number of imidazole rings is 1. The van der Waals surface area contributed by atoms with Crippen LogP contribution in [-0.4, -0.2) is 22.0 Å². The Morgan fingerprint density at radius 1 is 1.40 bits per heavy atom. The van der Waals surface area contributed by atoms with Gasteiger partial charge >= 0.3 is 0 Å². The van der Waals surface area contributed by atoms with E-state index in [1.54, 1.807) is 24.1 Å². The zero-order valence-electron chi connectivity index (χ0n) is 12.1. The molecule has 0 spiro atoms. The fourth-order valence-corrected chi connectivity index (χ4v) is 2.17. The molecule has 1 atom stereocenters. The van der Waals surface area contributed by atoms with Crippen molar-refractivity contribution in [3.8, 4) is 0 Å². The average molecular weight is 272 g/mol. The number of para-hydroxylation sites is 1. The van der Waals surface area contributed by atoms with Crippen molar-refractivity contribution in [1.29, 1.82) is 0 Å². The normalized spacial score (nSPS) is 12.2. The van der Waals surface area contributed by atoms with Crippen LogP contribution in [0.5, 0.6) is 0 Å². The molecule has 2 rings (SSSR count). The summed E-state index contributed by atoms with van der Waals surface area (Å²) in [7, 11) is 1.80. The van der Waals surface area contributed by atoms with Crippen LogP contribution >= 0.6 is 0 Å². The van der Waals surface area contributed by atoms with Gasteiger partial charge in [-0.1, -0.05) is 25.1 Å². The third kappa shape index (κ3) is 3.05. The number of amides is 1. The molecule has 0 saturated heterocycles. The van der Waals surface area contributed by atoms with Gasteiger partial charge in [-0.25, -0.2) is 4.98 Å². The molecular formula is C15H20N4O. The van der Waals surface area contributed by atoms with E-state index < -0.39 is 0 Å². The molecule has 0 aliphatic rings. The van der Waals surface area contributed by atoms with Gasteiger partial charge in [-0.2, -0.15) is 0 Å². The van der Waals surface area contributed by atoms with Gasteiger partial charge in [0.25, 0.3) is 5.91 Å². The number of nitrogens with one attached hydrogen (secondary N) is 2. The maximum atomic E-state index is 12.2. The van der Waals surface area contributed by atoms with Crippen molar-refractivity contribution in [3.05, 3.63) is 48.0 Å². The third-order valence-corrected chi connectivity index (χ3v) is 3.24.